The van der Waals surface area contributed by atoms with Crippen LogP contribution >= 0.6 is 0 Å². The maximum Gasteiger partial charge on any atom is 0.337 e. The van der Waals surface area contributed by atoms with E-state index < -0.39 is 0 Å². The third kappa shape index (κ3) is 4.80. The first-order valence-electron chi connectivity index (χ1n) is 11.3. The van der Waals surface area contributed by atoms with E-state index in [0.717, 1.165) is 39.7 Å². The molecule has 0 unspecified atom stereocenters. The van der Waals surface area contributed by atoms with Gasteiger partial charge in [-0.1, -0.05) is 0 Å². The van der Waals surface area contributed by atoms with E-state index in [1.165, 1.54) is 7.11 Å². The first-order valence-corrected chi connectivity index (χ1v) is 11.3. The first-order chi connectivity index (χ1) is 16.8. The predicted molar refractivity (Wildman–Crippen MR) is 137 cm³/mol. The van der Waals surface area contributed by atoms with Crippen molar-refractivity contribution in [3.05, 3.63) is 106 Å². The fourth-order valence-corrected chi connectivity index (χ4v) is 4.24. The highest BCUT2D eigenvalue weighted by atomic mass is 16.5. The van der Waals surface area contributed by atoms with Crippen LogP contribution in [-0.4, -0.2) is 34.3 Å². The summed E-state index contributed by atoms with van der Waals surface area (Å²) in [6.07, 6.45) is 1.64. The molecular formula is C28H28N4O3. The maximum atomic E-state index is 12.6. The number of hydrogen-bond donors (Lipinski definition) is 1. The second kappa shape index (κ2) is 9.85. The molecule has 0 aliphatic heterocycles. The van der Waals surface area contributed by atoms with Gasteiger partial charge in [-0.3, -0.25) is 4.79 Å². The molecule has 0 fully saturated rings. The monoisotopic (exact) mass is 468 g/mol. The molecule has 1 amide bonds. The second-order valence-electron chi connectivity index (χ2n) is 8.40. The molecule has 0 aliphatic rings. The number of esters is 1. The maximum absolute atomic E-state index is 12.6. The van der Waals surface area contributed by atoms with Crippen molar-refractivity contribution in [1.29, 1.82) is 0 Å². The second-order valence-corrected chi connectivity index (χ2v) is 8.40. The Labute approximate surface area is 204 Å². The van der Waals surface area contributed by atoms with Gasteiger partial charge in [0, 0.05) is 45.3 Å². The van der Waals surface area contributed by atoms with E-state index in [9.17, 15) is 9.59 Å². The average molecular weight is 469 g/mol. The van der Waals surface area contributed by atoms with Gasteiger partial charge in [0.2, 0.25) is 0 Å². The molecule has 2 aromatic heterocycles. The number of aryl methyl sites for hydroxylation is 3. The highest BCUT2D eigenvalue weighted by Crippen LogP contribution is 2.21. The zero-order valence-corrected chi connectivity index (χ0v) is 20.5. The molecule has 0 saturated heterocycles. The molecule has 0 saturated carbocycles. The molecule has 4 aromatic rings. The fourth-order valence-electron chi connectivity index (χ4n) is 4.24. The lowest BCUT2D eigenvalue weighted by Crippen LogP contribution is -2.17. The van der Waals surface area contributed by atoms with Gasteiger partial charge < -0.3 is 13.9 Å². The standard InChI is InChI=1S/C28H28N4O3/c1-18-6-7-19(2)31(18)25-12-8-22(9-13-25)27(33)30-29-17-24-16-20(3)32(21(24)4)26-14-10-23(11-15-26)28(34)35-5/h6-17H,1-5H3,(H,30,33)/b29-17+. The normalized spacial score (nSPS) is 11.1. The molecule has 2 aromatic carbocycles. The molecule has 7 nitrogen and oxygen atoms in total. The van der Waals surface area contributed by atoms with Crippen LogP contribution in [0.1, 0.15) is 49.1 Å². The van der Waals surface area contributed by atoms with Crippen molar-refractivity contribution in [1.82, 2.24) is 14.6 Å². The van der Waals surface area contributed by atoms with Crippen LogP contribution in [0.15, 0.2) is 71.8 Å². The summed E-state index contributed by atoms with van der Waals surface area (Å²) in [7, 11) is 1.36. The van der Waals surface area contributed by atoms with E-state index in [-0.39, 0.29) is 11.9 Å². The summed E-state index contributed by atoms with van der Waals surface area (Å²) >= 11 is 0. The van der Waals surface area contributed by atoms with E-state index in [0.29, 0.717) is 11.1 Å². The van der Waals surface area contributed by atoms with Crippen LogP contribution in [0.3, 0.4) is 0 Å². The van der Waals surface area contributed by atoms with Gasteiger partial charge in [-0.15, -0.1) is 0 Å². The van der Waals surface area contributed by atoms with E-state index in [1.54, 1.807) is 30.5 Å². The van der Waals surface area contributed by atoms with Crippen molar-refractivity contribution in [3.63, 3.8) is 0 Å². The van der Waals surface area contributed by atoms with Gasteiger partial charge in [-0.25, -0.2) is 10.2 Å². The van der Waals surface area contributed by atoms with E-state index in [2.05, 4.69) is 45.6 Å². The minimum absolute atomic E-state index is 0.277. The summed E-state index contributed by atoms with van der Waals surface area (Å²) in [5.74, 6) is -0.647. The van der Waals surface area contributed by atoms with E-state index in [1.807, 2.05) is 44.2 Å². The summed E-state index contributed by atoms with van der Waals surface area (Å²) < 4.78 is 8.96. The summed E-state index contributed by atoms with van der Waals surface area (Å²) in [6.45, 7) is 8.08. The van der Waals surface area contributed by atoms with Crippen molar-refractivity contribution in [3.8, 4) is 11.4 Å². The molecule has 4 rings (SSSR count). The summed E-state index contributed by atoms with van der Waals surface area (Å²) in [5.41, 5.74) is 10.7. The Morgan fingerprint density at radius 3 is 1.89 bits per heavy atom. The van der Waals surface area contributed by atoms with Crippen molar-refractivity contribution in [2.75, 3.05) is 7.11 Å². The van der Waals surface area contributed by atoms with Crippen molar-refractivity contribution >= 4 is 18.1 Å². The lowest BCUT2D eigenvalue weighted by atomic mass is 10.2. The summed E-state index contributed by atoms with van der Waals surface area (Å²) in [5, 5.41) is 4.17. The highest BCUT2D eigenvalue weighted by molar-refractivity contribution is 5.95. The number of nitrogens with zero attached hydrogens (tertiary/aromatic N) is 3. The van der Waals surface area contributed by atoms with E-state index >= 15 is 0 Å². The number of ether oxygens (including phenoxy) is 1. The molecule has 0 radical (unpaired) electrons. The molecule has 0 aliphatic carbocycles. The minimum atomic E-state index is -0.370. The Morgan fingerprint density at radius 2 is 1.31 bits per heavy atom. The smallest absolute Gasteiger partial charge is 0.337 e. The van der Waals surface area contributed by atoms with Crippen LogP contribution in [0.25, 0.3) is 11.4 Å². The first kappa shape index (κ1) is 23.8. The number of aromatic nitrogens is 2. The Bertz CT molecular complexity index is 1390. The molecule has 35 heavy (non-hydrogen) atoms. The van der Waals surface area contributed by atoms with Crippen LogP contribution in [0.2, 0.25) is 0 Å². The lowest BCUT2D eigenvalue weighted by Gasteiger charge is -2.10. The largest absolute Gasteiger partial charge is 0.465 e. The topological polar surface area (TPSA) is 77.6 Å². The number of nitrogens with one attached hydrogen (secondary N) is 1. The summed E-state index contributed by atoms with van der Waals surface area (Å²) in [4.78, 5) is 24.3. The zero-order valence-electron chi connectivity index (χ0n) is 20.5. The molecule has 1 N–H and O–H groups in total. The van der Waals surface area contributed by atoms with Gasteiger partial charge in [0.05, 0.1) is 18.9 Å². The minimum Gasteiger partial charge on any atom is -0.465 e. The van der Waals surface area contributed by atoms with Gasteiger partial charge in [0.25, 0.3) is 5.91 Å². The predicted octanol–water partition coefficient (Wildman–Crippen LogP) is 5.05. The number of hydrazone groups is 1. The molecule has 178 valence electrons. The van der Waals surface area contributed by atoms with Crippen LogP contribution in [0.4, 0.5) is 0 Å². The Balaban J connectivity index is 1.46. The lowest BCUT2D eigenvalue weighted by molar-refractivity contribution is 0.0600. The molecular weight excluding hydrogens is 440 g/mol. The quantitative estimate of drug-likeness (QED) is 0.244. The van der Waals surface area contributed by atoms with Crippen molar-refractivity contribution < 1.29 is 14.3 Å². The number of rotatable bonds is 6. The number of methoxy groups -OCH3 is 1. The van der Waals surface area contributed by atoms with Crippen LogP contribution in [-0.2, 0) is 4.74 Å². The van der Waals surface area contributed by atoms with Crippen LogP contribution in [0, 0.1) is 27.7 Å². The van der Waals surface area contributed by atoms with Gasteiger partial charge >= 0.3 is 5.97 Å². The molecule has 0 atom stereocenters. The van der Waals surface area contributed by atoms with Crippen LogP contribution in [0.5, 0.6) is 0 Å². The molecule has 7 heteroatoms. The van der Waals surface area contributed by atoms with E-state index in [4.69, 9.17) is 4.74 Å². The highest BCUT2D eigenvalue weighted by Gasteiger charge is 2.12. The third-order valence-electron chi connectivity index (χ3n) is 6.05. The Morgan fingerprint density at radius 1 is 0.771 bits per heavy atom. The number of carbonyl (C=O) groups excluding carboxylic acids is 2. The van der Waals surface area contributed by atoms with Crippen molar-refractivity contribution in [2.45, 2.75) is 27.7 Å². The Kier molecular flexibility index (Phi) is 6.68. The number of hydrogen-bond acceptors (Lipinski definition) is 4. The van der Waals surface area contributed by atoms with Gasteiger partial charge in [-0.05, 0) is 94.4 Å². The van der Waals surface area contributed by atoms with Gasteiger partial charge in [0.15, 0.2) is 0 Å². The number of benzene rings is 2. The number of amides is 1. The average Bonchev–Trinajstić information content (AvgIpc) is 3.35. The molecule has 0 bridgehead atoms. The van der Waals surface area contributed by atoms with Crippen LogP contribution < -0.4 is 5.43 Å². The molecule has 2 heterocycles. The third-order valence-corrected chi connectivity index (χ3v) is 6.05. The van der Waals surface area contributed by atoms with Gasteiger partial charge in [0.1, 0.15) is 0 Å². The van der Waals surface area contributed by atoms with Crippen molar-refractivity contribution in [2.24, 2.45) is 5.10 Å². The number of carbonyl (C=O) groups is 2. The molecule has 0 spiro atoms. The Hall–Kier alpha value is -4.39. The SMILES string of the molecule is COC(=O)c1ccc(-n2c(C)cc(/C=N/NC(=O)c3ccc(-n4c(C)ccc4C)cc3)c2C)cc1. The zero-order chi connectivity index (χ0) is 25.1. The summed E-state index contributed by atoms with van der Waals surface area (Å²) in [6, 6.07) is 20.8. The van der Waals surface area contributed by atoms with Gasteiger partial charge in [-0.2, -0.15) is 5.10 Å². The fraction of sp³-hybridized carbons (Fsp3) is 0.179.